The van der Waals surface area contributed by atoms with Crippen LogP contribution in [0.4, 0.5) is 0 Å². The normalized spacial score (nSPS) is 13.6. The van der Waals surface area contributed by atoms with Crippen molar-refractivity contribution >= 4 is 0 Å². The molecule has 4 heteroatoms. The zero-order valence-electron chi connectivity index (χ0n) is 8.70. The summed E-state index contributed by atoms with van der Waals surface area (Å²) in [4.78, 5) is 2.26. The van der Waals surface area contributed by atoms with Gasteiger partial charge in [-0.25, -0.2) is 0 Å². The summed E-state index contributed by atoms with van der Waals surface area (Å²) in [6, 6.07) is -0.0865. The summed E-state index contributed by atoms with van der Waals surface area (Å²) < 4.78 is 4.98. The van der Waals surface area contributed by atoms with Crippen molar-refractivity contribution in [1.82, 2.24) is 4.90 Å². The molecule has 0 aromatic carbocycles. The number of hydrogen-bond donors (Lipinski definition) is 2. The lowest BCUT2D eigenvalue weighted by atomic mass is 10.2. The molecule has 0 aliphatic heterocycles. The van der Waals surface area contributed by atoms with Gasteiger partial charge in [-0.3, -0.25) is 0 Å². The molecule has 13 heavy (non-hydrogen) atoms. The van der Waals surface area contributed by atoms with Crippen LogP contribution in [0.25, 0.3) is 0 Å². The molecule has 0 rings (SSSR count). The van der Waals surface area contributed by atoms with E-state index < -0.39 is 0 Å². The molecule has 1 atom stereocenters. The standard InChI is InChI=1S/C9H22N2O2/c1-3-11(6-7-13-2)5-4-9(10)8-12/h9,12H,3-8,10H2,1-2H3. The lowest BCUT2D eigenvalue weighted by molar-refractivity contribution is 0.146. The van der Waals surface area contributed by atoms with E-state index in [1.54, 1.807) is 7.11 Å². The van der Waals surface area contributed by atoms with Crippen molar-refractivity contribution in [2.24, 2.45) is 5.73 Å². The Kier molecular flexibility index (Phi) is 8.33. The first-order chi connectivity index (χ1) is 6.24. The minimum Gasteiger partial charge on any atom is -0.395 e. The molecule has 0 saturated carbocycles. The van der Waals surface area contributed by atoms with Crippen LogP contribution < -0.4 is 5.73 Å². The Bertz CT molecular complexity index is 112. The van der Waals surface area contributed by atoms with Crippen LogP contribution in [0.3, 0.4) is 0 Å². The van der Waals surface area contributed by atoms with Gasteiger partial charge >= 0.3 is 0 Å². The van der Waals surface area contributed by atoms with Gasteiger partial charge in [0.2, 0.25) is 0 Å². The molecule has 0 aliphatic rings. The molecule has 0 spiro atoms. The van der Waals surface area contributed by atoms with Crippen molar-refractivity contribution < 1.29 is 9.84 Å². The minimum absolute atomic E-state index is 0.0713. The van der Waals surface area contributed by atoms with Gasteiger partial charge in [-0.15, -0.1) is 0 Å². The zero-order chi connectivity index (χ0) is 10.1. The van der Waals surface area contributed by atoms with Crippen LogP contribution in [0, 0.1) is 0 Å². The van der Waals surface area contributed by atoms with E-state index in [9.17, 15) is 0 Å². The van der Waals surface area contributed by atoms with E-state index in [1.807, 2.05) is 0 Å². The van der Waals surface area contributed by atoms with E-state index in [2.05, 4.69) is 11.8 Å². The van der Waals surface area contributed by atoms with Crippen molar-refractivity contribution in [3.05, 3.63) is 0 Å². The van der Waals surface area contributed by atoms with Crippen LogP contribution in [0.2, 0.25) is 0 Å². The number of likely N-dealkylation sites (N-methyl/N-ethyl adjacent to an activating group) is 1. The molecule has 0 radical (unpaired) electrons. The Morgan fingerprint density at radius 3 is 2.62 bits per heavy atom. The summed E-state index contributed by atoms with van der Waals surface area (Å²) in [6.07, 6.45) is 0.841. The van der Waals surface area contributed by atoms with E-state index in [-0.39, 0.29) is 12.6 Å². The fraction of sp³-hybridized carbons (Fsp3) is 1.00. The number of methoxy groups -OCH3 is 1. The summed E-state index contributed by atoms with van der Waals surface area (Å²) in [5, 5.41) is 8.73. The molecule has 0 aromatic heterocycles. The fourth-order valence-electron chi connectivity index (χ4n) is 1.09. The van der Waals surface area contributed by atoms with Crippen molar-refractivity contribution in [2.75, 3.05) is 40.0 Å². The topological polar surface area (TPSA) is 58.7 Å². The smallest absolute Gasteiger partial charge is 0.0589 e. The van der Waals surface area contributed by atoms with Gasteiger partial charge in [0.1, 0.15) is 0 Å². The lowest BCUT2D eigenvalue weighted by Crippen LogP contribution is -2.34. The molecule has 1 unspecified atom stereocenters. The van der Waals surface area contributed by atoms with Gasteiger partial charge in [0.25, 0.3) is 0 Å². The van der Waals surface area contributed by atoms with E-state index in [0.717, 1.165) is 32.7 Å². The van der Waals surface area contributed by atoms with E-state index in [0.29, 0.717) is 0 Å². The van der Waals surface area contributed by atoms with Gasteiger partial charge in [0.05, 0.1) is 13.2 Å². The van der Waals surface area contributed by atoms with Crippen molar-refractivity contribution in [3.63, 3.8) is 0 Å². The van der Waals surface area contributed by atoms with Gasteiger partial charge in [0.15, 0.2) is 0 Å². The highest BCUT2D eigenvalue weighted by Crippen LogP contribution is 1.94. The third-order valence-electron chi connectivity index (χ3n) is 2.11. The average Bonchev–Trinajstić information content (AvgIpc) is 2.17. The maximum Gasteiger partial charge on any atom is 0.0589 e. The monoisotopic (exact) mass is 190 g/mol. The second kappa shape index (κ2) is 8.44. The summed E-state index contributed by atoms with van der Waals surface area (Å²) >= 11 is 0. The molecular formula is C9H22N2O2. The fourth-order valence-corrected chi connectivity index (χ4v) is 1.09. The Balaban J connectivity index is 3.46. The summed E-state index contributed by atoms with van der Waals surface area (Å²) in [5.74, 6) is 0. The largest absolute Gasteiger partial charge is 0.395 e. The number of nitrogens with two attached hydrogens (primary N) is 1. The van der Waals surface area contributed by atoms with E-state index in [1.165, 1.54) is 0 Å². The molecular weight excluding hydrogens is 168 g/mol. The predicted molar refractivity (Wildman–Crippen MR) is 53.7 cm³/mol. The van der Waals surface area contributed by atoms with Gasteiger partial charge in [-0.05, 0) is 19.5 Å². The van der Waals surface area contributed by atoms with E-state index >= 15 is 0 Å². The van der Waals surface area contributed by atoms with Crippen LogP contribution in [0.1, 0.15) is 13.3 Å². The molecule has 0 heterocycles. The number of aliphatic hydroxyl groups excluding tert-OH is 1. The van der Waals surface area contributed by atoms with Crippen molar-refractivity contribution in [3.8, 4) is 0 Å². The number of aliphatic hydroxyl groups is 1. The zero-order valence-corrected chi connectivity index (χ0v) is 8.70. The number of rotatable bonds is 8. The Morgan fingerprint density at radius 1 is 1.46 bits per heavy atom. The summed E-state index contributed by atoms with van der Waals surface area (Å²) in [7, 11) is 1.70. The molecule has 0 aromatic rings. The molecule has 3 N–H and O–H groups in total. The Hall–Kier alpha value is -0.160. The highest BCUT2D eigenvalue weighted by atomic mass is 16.5. The van der Waals surface area contributed by atoms with Crippen LogP contribution in [0.15, 0.2) is 0 Å². The highest BCUT2D eigenvalue weighted by molar-refractivity contribution is 4.63. The first kappa shape index (κ1) is 12.8. The molecule has 0 aliphatic carbocycles. The van der Waals surface area contributed by atoms with Gasteiger partial charge in [0, 0.05) is 19.7 Å². The molecule has 0 bridgehead atoms. The average molecular weight is 190 g/mol. The first-order valence-electron chi connectivity index (χ1n) is 4.82. The number of hydrogen-bond acceptors (Lipinski definition) is 4. The third kappa shape index (κ3) is 6.95. The molecule has 4 nitrogen and oxygen atoms in total. The number of nitrogens with zero attached hydrogens (tertiary/aromatic N) is 1. The van der Waals surface area contributed by atoms with Crippen LogP contribution >= 0.6 is 0 Å². The van der Waals surface area contributed by atoms with Crippen LogP contribution in [-0.4, -0.2) is 56.0 Å². The summed E-state index contributed by atoms with van der Waals surface area (Å²) in [6.45, 7) is 5.80. The molecule has 80 valence electrons. The van der Waals surface area contributed by atoms with Crippen LogP contribution in [-0.2, 0) is 4.74 Å². The second-order valence-electron chi connectivity index (χ2n) is 3.16. The molecule has 0 fully saturated rings. The number of ether oxygens (including phenoxy) is 1. The van der Waals surface area contributed by atoms with Gasteiger partial charge < -0.3 is 20.5 Å². The lowest BCUT2D eigenvalue weighted by Gasteiger charge is -2.21. The molecule has 0 amide bonds. The Labute approximate surface area is 80.7 Å². The first-order valence-corrected chi connectivity index (χ1v) is 4.82. The predicted octanol–water partition coefficient (Wildman–Crippen LogP) is -0.336. The maximum atomic E-state index is 8.73. The summed E-state index contributed by atoms with van der Waals surface area (Å²) in [5.41, 5.74) is 5.60. The Morgan fingerprint density at radius 2 is 2.15 bits per heavy atom. The van der Waals surface area contributed by atoms with Crippen molar-refractivity contribution in [2.45, 2.75) is 19.4 Å². The van der Waals surface area contributed by atoms with Crippen molar-refractivity contribution in [1.29, 1.82) is 0 Å². The van der Waals surface area contributed by atoms with Gasteiger partial charge in [-0.1, -0.05) is 6.92 Å². The quantitative estimate of drug-likeness (QED) is 0.550. The third-order valence-corrected chi connectivity index (χ3v) is 2.11. The van der Waals surface area contributed by atoms with Crippen LogP contribution in [0.5, 0.6) is 0 Å². The second-order valence-corrected chi connectivity index (χ2v) is 3.16. The highest BCUT2D eigenvalue weighted by Gasteiger charge is 2.05. The van der Waals surface area contributed by atoms with Gasteiger partial charge in [-0.2, -0.15) is 0 Å². The minimum atomic E-state index is -0.0865. The molecule has 0 saturated heterocycles. The maximum absolute atomic E-state index is 8.73. The SMILES string of the molecule is CCN(CCOC)CCC(N)CO. The van der Waals surface area contributed by atoms with E-state index in [4.69, 9.17) is 15.6 Å².